The van der Waals surface area contributed by atoms with Crippen LogP contribution in [0.25, 0.3) is 0 Å². The topological polar surface area (TPSA) is 95.5 Å². The van der Waals surface area contributed by atoms with Crippen LogP contribution in [0.2, 0.25) is 0 Å². The maximum absolute atomic E-state index is 11.6. The summed E-state index contributed by atoms with van der Waals surface area (Å²) in [4.78, 5) is 0. The van der Waals surface area contributed by atoms with Crippen LogP contribution in [0, 0.1) is 0 Å². The van der Waals surface area contributed by atoms with Crippen LogP contribution in [0.1, 0.15) is 26.7 Å². The Kier molecular flexibility index (Phi) is 3.94. The predicted molar refractivity (Wildman–Crippen MR) is 84.0 cm³/mol. The molecule has 2 heterocycles. The fraction of sp³-hybridized carbons (Fsp3) is 0.909. The number of thiocarbonyl (C=S) groups is 1. The minimum absolute atomic E-state index is 0.0648. The van der Waals surface area contributed by atoms with E-state index in [2.05, 4.69) is 10.6 Å². The standard InChI is InChI=1S/C11H20N2O4S3/c1-10(3-5-19(14,15)7-10)12-9(18)13-11(2)4-6-20(16,17)8-11/h3-8H2,1-2H3,(H2-,12,13,14,15,18)/p+1/t10-,11+/m1/s1. The third-order valence-electron chi connectivity index (χ3n) is 3.85. The second-order valence-electron chi connectivity index (χ2n) is 6.41. The highest BCUT2D eigenvalue weighted by Gasteiger charge is 2.48. The Morgan fingerprint density at radius 1 is 1.25 bits per heavy atom. The predicted octanol–water partition coefficient (Wildman–Crippen LogP) is 0.163. The van der Waals surface area contributed by atoms with Gasteiger partial charge in [0.1, 0.15) is 5.75 Å². The van der Waals surface area contributed by atoms with Gasteiger partial charge in [0.25, 0.3) is 0 Å². The number of hydrogen-bond acceptors (Lipinski definition) is 4. The molecule has 2 fully saturated rings. The molecule has 1 unspecified atom stereocenters. The van der Waals surface area contributed by atoms with Crippen LogP contribution in [0.3, 0.4) is 0 Å². The average Bonchev–Trinajstić information content (AvgIpc) is 2.62. The summed E-state index contributed by atoms with van der Waals surface area (Å²) in [6.07, 6.45) is 1.09. The molecule has 2 aliphatic heterocycles. The molecule has 0 aromatic carbocycles. The van der Waals surface area contributed by atoms with Gasteiger partial charge in [-0.15, -0.1) is 0 Å². The van der Waals surface area contributed by atoms with Gasteiger partial charge in [0, 0.05) is 6.42 Å². The lowest BCUT2D eigenvalue weighted by Crippen LogP contribution is -2.57. The molecule has 0 aromatic rings. The van der Waals surface area contributed by atoms with E-state index >= 15 is 0 Å². The molecule has 2 saturated heterocycles. The Labute approximate surface area is 126 Å². The molecule has 0 saturated carbocycles. The summed E-state index contributed by atoms with van der Waals surface area (Å²) in [5, 5.41) is 6.48. The van der Waals surface area contributed by atoms with Crippen LogP contribution in [-0.2, 0) is 24.3 Å². The number of nitrogens with one attached hydrogen (secondary N) is 2. The molecule has 9 heteroatoms. The van der Waals surface area contributed by atoms with E-state index in [0.717, 1.165) is 0 Å². The molecular formula is C11H21N2O4S3+. The van der Waals surface area contributed by atoms with Crippen LogP contribution < -0.4 is 10.6 Å². The Morgan fingerprint density at radius 3 is 2.30 bits per heavy atom. The lowest BCUT2D eigenvalue weighted by molar-refractivity contribution is 0.431. The molecule has 0 radical (unpaired) electrons. The van der Waals surface area contributed by atoms with Crippen molar-refractivity contribution in [3.8, 4) is 0 Å². The third kappa shape index (κ3) is 3.90. The second kappa shape index (κ2) is 4.89. The Balaban J connectivity index is 1.95. The molecule has 0 bridgehead atoms. The van der Waals surface area contributed by atoms with Crippen molar-refractivity contribution in [2.75, 3.05) is 23.0 Å². The van der Waals surface area contributed by atoms with E-state index in [9.17, 15) is 17.2 Å². The van der Waals surface area contributed by atoms with Gasteiger partial charge in [-0.1, -0.05) is 4.21 Å². The van der Waals surface area contributed by atoms with Crippen molar-refractivity contribution >= 4 is 37.4 Å². The first-order valence-electron chi connectivity index (χ1n) is 6.46. The van der Waals surface area contributed by atoms with Gasteiger partial charge in [0.2, 0.25) is 10.2 Å². The lowest BCUT2D eigenvalue weighted by atomic mass is 10.0. The van der Waals surface area contributed by atoms with E-state index in [1.165, 1.54) is 0 Å². The fourth-order valence-corrected chi connectivity index (χ4v) is 7.53. The Hall–Kier alpha value is -0.250. The van der Waals surface area contributed by atoms with Crippen molar-refractivity contribution in [1.82, 2.24) is 10.6 Å². The van der Waals surface area contributed by atoms with Crippen LogP contribution >= 0.6 is 12.2 Å². The minimum atomic E-state index is -3.00. The van der Waals surface area contributed by atoms with E-state index in [4.69, 9.17) is 12.2 Å². The van der Waals surface area contributed by atoms with Crippen LogP contribution in [-0.4, -0.2) is 52.2 Å². The monoisotopic (exact) mass is 341 g/mol. The van der Waals surface area contributed by atoms with E-state index in [1.807, 2.05) is 13.8 Å². The number of hydrogen-bond donors (Lipinski definition) is 3. The van der Waals surface area contributed by atoms with Crippen LogP contribution in [0.5, 0.6) is 0 Å². The largest absolute Gasteiger partial charge is 0.357 e. The molecule has 0 aromatic heterocycles. The first kappa shape index (κ1) is 16.1. The molecule has 20 heavy (non-hydrogen) atoms. The SMILES string of the molecule is C[C@]1(NC(=S)N[C@]2(C)CC[S+](=O)(O)C2)CCS(=O)(=O)C1. The fourth-order valence-electron chi connectivity index (χ4n) is 2.81. The van der Waals surface area contributed by atoms with Crippen LogP contribution in [0.15, 0.2) is 0 Å². The first-order valence-corrected chi connectivity index (χ1v) is 10.5. The first-order chi connectivity index (χ1) is 8.93. The second-order valence-corrected chi connectivity index (χ2v) is 11.2. The molecular weight excluding hydrogens is 320 g/mol. The average molecular weight is 342 g/mol. The van der Waals surface area contributed by atoms with E-state index < -0.39 is 31.1 Å². The van der Waals surface area contributed by atoms with E-state index in [1.54, 1.807) is 0 Å². The Bertz CT molecular complexity index is 576. The van der Waals surface area contributed by atoms with Crippen molar-refractivity contribution in [3.05, 3.63) is 0 Å². The zero-order valence-corrected chi connectivity index (χ0v) is 14.1. The highest BCUT2D eigenvalue weighted by molar-refractivity contribution is 7.98. The van der Waals surface area contributed by atoms with Gasteiger partial charge in [-0.25, -0.2) is 8.42 Å². The summed E-state index contributed by atoms with van der Waals surface area (Å²) in [6, 6.07) is 0. The minimum Gasteiger partial charge on any atom is -0.357 e. The summed E-state index contributed by atoms with van der Waals surface area (Å²) in [5.74, 6) is 0.664. The molecule has 0 aliphatic carbocycles. The normalized spacial score (nSPS) is 43.4. The summed E-state index contributed by atoms with van der Waals surface area (Å²) < 4.78 is 44.3. The summed E-state index contributed by atoms with van der Waals surface area (Å²) >= 11 is 5.23. The number of sulfone groups is 1. The molecule has 6 nitrogen and oxygen atoms in total. The van der Waals surface area contributed by atoms with Gasteiger partial charge < -0.3 is 10.6 Å². The van der Waals surface area contributed by atoms with Crippen molar-refractivity contribution in [3.63, 3.8) is 0 Å². The van der Waals surface area contributed by atoms with Crippen molar-refractivity contribution in [1.29, 1.82) is 0 Å². The van der Waals surface area contributed by atoms with Crippen molar-refractivity contribution in [2.45, 2.75) is 37.8 Å². The lowest BCUT2D eigenvalue weighted by Gasteiger charge is -2.30. The van der Waals surface area contributed by atoms with E-state index in [-0.39, 0.29) is 23.0 Å². The molecule has 2 aliphatic rings. The third-order valence-corrected chi connectivity index (χ3v) is 7.89. The van der Waals surface area contributed by atoms with Crippen molar-refractivity contribution < 1.29 is 17.2 Å². The summed E-state index contributed by atoms with van der Waals surface area (Å²) in [7, 11) is -5.75. The molecule has 3 atom stereocenters. The molecule has 3 N–H and O–H groups in total. The van der Waals surface area contributed by atoms with Gasteiger partial charge in [0.15, 0.2) is 20.7 Å². The molecule has 0 spiro atoms. The summed E-state index contributed by atoms with van der Waals surface area (Å²) in [6.45, 7) is 3.69. The van der Waals surface area contributed by atoms with Gasteiger partial charge >= 0.3 is 0 Å². The molecule has 116 valence electrons. The van der Waals surface area contributed by atoms with E-state index in [0.29, 0.717) is 18.0 Å². The van der Waals surface area contributed by atoms with Gasteiger partial charge in [-0.3, -0.25) is 0 Å². The smallest absolute Gasteiger partial charge is 0.216 e. The molecule has 0 amide bonds. The number of rotatable bonds is 2. The summed E-state index contributed by atoms with van der Waals surface area (Å²) in [5.41, 5.74) is -1.07. The van der Waals surface area contributed by atoms with Crippen LogP contribution in [0.4, 0.5) is 0 Å². The Morgan fingerprint density at radius 2 is 1.85 bits per heavy atom. The highest BCUT2D eigenvalue weighted by Crippen LogP contribution is 2.27. The van der Waals surface area contributed by atoms with Gasteiger partial charge in [-0.05, 0) is 32.5 Å². The zero-order chi connectivity index (χ0) is 15.2. The van der Waals surface area contributed by atoms with Gasteiger partial charge in [-0.2, -0.15) is 4.55 Å². The molecule has 2 rings (SSSR count). The van der Waals surface area contributed by atoms with Crippen molar-refractivity contribution in [2.24, 2.45) is 0 Å². The zero-order valence-electron chi connectivity index (χ0n) is 11.6. The van der Waals surface area contributed by atoms with Gasteiger partial charge in [0.05, 0.1) is 22.6 Å². The maximum atomic E-state index is 11.6. The maximum Gasteiger partial charge on any atom is 0.216 e. The quantitative estimate of drug-likeness (QED) is 0.486. The highest BCUT2D eigenvalue weighted by atomic mass is 32.3.